The Morgan fingerprint density at radius 3 is 0.629 bits per heavy atom. The molecule has 0 N–H and O–H groups in total. The van der Waals surface area contributed by atoms with Crippen molar-refractivity contribution in [1.29, 1.82) is 0 Å². The van der Waals surface area contributed by atoms with Gasteiger partial charge >= 0.3 is 44.8 Å². The highest BCUT2D eigenvalue weighted by atomic mass is 32.2. The number of rotatable bonds is 17. The third-order valence-electron chi connectivity index (χ3n) is 16.2. The number of alkyl halides is 12. The van der Waals surface area contributed by atoms with Crippen molar-refractivity contribution in [3.8, 4) is 22.7 Å². The summed E-state index contributed by atoms with van der Waals surface area (Å²) in [6.45, 7) is 0. The fourth-order valence-electron chi connectivity index (χ4n) is 10.7. The zero-order chi connectivity index (χ0) is 86.2. The smallest absolute Gasteiger partial charge is 0.485 e. The summed E-state index contributed by atoms with van der Waals surface area (Å²) in [7, 11) is -13.9. The van der Waals surface area contributed by atoms with Crippen molar-refractivity contribution >= 4 is 121 Å². The summed E-state index contributed by atoms with van der Waals surface area (Å²) in [6.07, 6.45) is 17.1. The Balaban J connectivity index is 0.000000488. The van der Waals surface area contributed by atoms with Crippen LogP contribution in [-0.2, 0) is 40.5 Å². The van der Waals surface area contributed by atoms with Gasteiger partial charge in [-0.1, -0.05) is 182 Å². The molecule has 0 aliphatic heterocycles. The van der Waals surface area contributed by atoms with Gasteiger partial charge < -0.3 is 37.8 Å². The van der Waals surface area contributed by atoms with Crippen molar-refractivity contribution < 1.29 is 123 Å². The van der Waals surface area contributed by atoms with Gasteiger partial charge in [-0.2, -0.15) is 71.0 Å². The van der Waals surface area contributed by atoms with Crippen LogP contribution in [0.15, 0.2) is 300 Å². The summed E-state index contributed by atoms with van der Waals surface area (Å²) in [6, 6.07) is 81.3. The molecule has 116 heavy (non-hydrogen) atoms. The van der Waals surface area contributed by atoms with E-state index in [2.05, 4.69) is 374 Å². The van der Waals surface area contributed by atoms with Crippen LogP contribution in [0, 0.1) is 0 Å². The maximum atomic E-state index is 10.7. The van der Waals surface area contributed by atoms with Crippen LogP contribution in [0.2, 0.25) is 0 Å². The van der Waals surface area contributed by atoms with E-state index in [1.807, 2.05) is 0 Å². The fourth-order valence-corrected chi connectivity index (χ4v) is 17.4. The molecule has 7 aromatic carbocycles. The summed E-state index contributed by atoms with van der Waals surface area (Å²) in [4.78, 5) is 14.2. The molecule has 0 fully saturated rings. The van der Waals surface area contributed by atoms with E-state index in [1.165, 1.54) is 0 Å². The fraction of sp³-hybridized carbons (Fsp3) is 0.162. The molecule has 11 rings (SSSR count). The van der Waals surface area contributed by atoms with Crippen LogP contribution in [-0.4, -0.2) is 130 Å². The molecule has 0 saturated carbocycles. The van der Waals surface area contributed by atoms with Gasteiger partial charge in [0.2, 0.25) is 0 Å². The van der Waals surface area contributed by atoms with E-state index in [0.29, 0.717) is 11.4 Å². The Kier molecular flexibility index (Phi) is 30.2. The largest absolute Gasteiger partial charge is 0.741 e. The van der Waals surface area contributed by atoms with Gasteiger partial charge in [-0.05, 0) is 5.22 Å². The minimum atomic E-state index is -6.09. The predicted molar refractivity (Wildman–Crippen MR) is 412 cm³/mol. The minimum absolute atomic E-state index is 0.508. The molecular weight excluding hydrogens is 1670 g/mol. The zero-order valence-corrected chi connectivity index (χ0v) is 66.9. The average molecular weight is 1740 g/mol. The molecule has 0 spiro atoms. The van der Waals surface area contributed by atoms with Gasteiger partial charge in [0.1, 0.15) is 0 Å². The molecule has 0 unspecified atom stereocenters. The zero-order valence-electron chi connectivity index (χ0n) is 61.9. The Morgan fingerprint density at radius 2 is 0.448 bits per heavy atom. The normalized spacial score (nSPS) is 12.2. The molecule has 4 heterocycles. The molecule has 616 valence electrons. The van der Waals surface area contributed by atoms with Crippen LogP contribution in [0.3, 0.4) is 0 Å². The van der Waals surface area contributed by atoms with Gasteiger partial charge in [-0.15, -0.1) is 9.97 Å². The summed E-state index contributed by atoms with van der Waals surface area (Å²) in [5.41, 5.74) is -14.1. The summed E-state index contributed by atoms with van der Waals surface area (Å²) >= 11 is 0. The van der Waals surface area contributed by atoms with E-state index in [1.54, 1.807) is 0 Å². The maximum Gasteiger partial charge on any atom is 0.485 e. The standard InChI is InChI=1S/C70H70N12P2.4CHF3O3S/c1-75(2)55-39-47-79(48-40-55)67-65(71-73-74-84(62-33-21-12-22-34-62,63-35-23-13-24-36-63)64-37-25-14-26-38-64)66(72-83(59-27-15-9-16-28-59,60-29-17-10-18-30-60)61-31-19-11-20-32-61)68(80-49-41-56(42-50-80)76(3)4)70(82-53-45-58(46-54-82)78(7)8)69(67)81-51-43-57(44-52-81)77(5)6;4*2-1(3,4)8(5,6)7/h9-54H,1-8H3;4*(H,5,6,7)/q+4;;;;/p-4. The molecule has 24 nitrogen and oxygen atoms in total. The molecule has 0 saturated heterocycles. The lowest BCUT2D eigenvalue weighted by Crippen LogP contribution is -2.47. The van der Waals surface area contributed by atoms with E-state index < -0.39 is 76.6 Å². The first-order valence-electron chi connectivity index (χ1n) is 33.0. The average Bonchev–Trinajstić information content (AvgIpc) is 0.711. The second kappa shape index (κ2) is 37.9. The topological polar surface area (TPSA) is 307 Å². The van der Waals surface area contributed by atoms with Crippen LogP contribution in [0.4, 0.5) is 86.8 Å². The van der Waals surface area contributed by atoms with Crippen molar-refractivity contribution in [2.45, 2.75) is 22.0 Å². The summed E-state index contributed by atoms with van der Waals surface area (Å²) < 4.78 is 251. The first-order valence-corrected chi connectivity index (χ1v) is 42.2. The first kappa shape index (κ1) is 92.4. The van der Waals surface area contributed by atoms with Gasteiger partial charge in [0.25, 0.3) is 0 Å². The van der Waals surface area contributed by atoms with Crippen LogP contribution >= 0.6 is 14.1 Å². The SMILES string of the molecule is CN(C)c1cc[n+](-c2c(N=NN=P(c3ccccc3)(c3ccccc3)c3ccccc3)c(N=P(c3ccccc3)(c3ccccc3)c3ccccc3)c(-[n+]3ccc(N(C)C)cc3)c(-[n+]3ccc(N(C)C)cc3)c2-[n+]2ccc(N(C)C)cc2)cc1.O=S(=O)([O-])C(F)(F)F.O=S(=O)([O-])C(F)(F)F.O=S(=O)([O-])C(F)(F)F.O=S(=O)([O-])C(F)(F)F. The predicted octanol–water partition coefficient (Wildman–Crippen LogP) is 11.2. The molecule has 42 heteroatoms. The number of hydrogen-bond donors (Lipinski definition) is 0. The molecule has 0 aliphatic rings. The Hall–Kier alpha value is -10.8. The quantitative estimate of drug-likeness (QED) is 0.0156. The molecule has 0 radical (unpaired) electrons. The van der Waals surface area contributed by atoms with Crippen LogP contribution in [0.25, 0.3) is 22.7 Å². The molecule has 0 aliphatic carbocycles. The third kappa shape index (κ3) is 22.8. The second-order valence-corrected chi connectivity index (χ2v) is 36.3. The van der Waals surface area contributed by atoms with Crippen molar-refractivity contribution in [1.82, 2.24) is 0 Å². The van der Waals surface area contributed by atoms with E-state index >= 15 is 0 Å². The molecule has 0 amide bonds. The highest BCUT2D eigenvalue weighted by molar-refractivity contribution is 7.88. The number of halogens is 12. The maximum absolute atomic E-state index is 10.7. The van der Waals surface area contributed by atoms with Crippen molar-refractivity contribution in [3.63, 3.8) is 0 Å². The molecule has 0 atom stereocenters. The van der Waals surface area contributed by atoms with Gasteiger partial charge in [0.15, 0.2) is 101 Å². The van der Waals surface area contributed by atoms with Crippen LogP contribution in [0.1, 0.15) is 0 Å². The van der Waals surface area contributed by atoms with Crippen molar-refractivity contribution in [2.75, 3.05) is 76.0 Å². The summed E-state index contributed by atoms with van der Waals surface area (Å²) in [5, 5.41) is 17.4. The third-order valence-corrected chi connectivity index (χ3v) is 25.6. The Labute approximate surface area is 660 Å². The monoisotopic (exact) mass is 1740 g/mol. The first-order chi connectivity index (χ1) is 54.0. The number of aromatic nitrogens is 4. The molecule has 0 bridgehead atoms. The van der Waals surface area contributed by atoms with E-state index in [0.717, 1.165) is 77.3 Å². The lowest BCUT2D eigenvalue weighted by molar-refractivity contribution is -0.661. The second-order valence-electron chi connectivity index (χ2n) is 24.8. The Bertz CT molecular complexity index is 5400. The Morgan fingerprint density at radius 1 is 0.276 bits per heavy atom. The minimum Gasteiger partial charge on any atom is -0.741 e. The van der Waals surface area contributed by atoms with Gasteiger partial charge in [-0.3, -0.25) is 0 Å². The van der Waals surface area contributed by atoms with Crippen LogP contribution in [0.5, 0.6) is 0 Å². The number of benzene rings is 7. The van der Waals surface area contributed by atoms with Gasteiger partial charge in [0, 0.05) is 159 Å². The number of pyridine rings is 4. The molecule has 4 aromatic heterocycles. The highest BCUT2D eigenvalue weighted by Gasteiger charge is 2.48. The lowest BCUT2D eigenvalue weighted by Gasteiger charge is -2.27. The molecule has 11 aromatic rings. The van der Waals surface area contributed by atoms with E-state index in [4.69, 9.17) is 71.8 Å². The highest BCUT2D eigenvalue weighted by Crippen LogP contribution is 2.55. The van der Waals surface area contributed by atoms with E-state index in [-0.39, 0.29) is 0 Å². The molecular formula is C74H70F12N12O12P2S4. The number of nitrogens with zero attached hydrogens (tertiary/aromatic N) is 12. The number of anilines is 4. The lowest BCUT2D eigenvalue weighted by atomic mass is 10.1. The van der Waals surface area contributed by atoms with Crippen LogP contribution < -0.4 is 69.7 Å². The van der Waals surface area contributed by atoms with Gasteiger partial charge in [-0.25, -0.2) is 38.4 Å². The van der Waals surface area contributed by atoms with E-state index in [9.17, 15) is 52.7 Å². The summed E-state index contributed by atoms with van der Waals surface area (Å²) in [5.74, 6) is 0. The van der Waals surface area contributed by atoms with Crippen molar-refractivity contribution in [2.24, 2.45) is 19.9 Å². The van der Waals surface area contributed by atoms with Crippen molar-refractivity contribution in [3.05, 3.63) is 280 Å². The van der Waals surface area contributed by atoms with Gasteiger partial charge in [0.05, 0.1) is 14.1 Å². The number of hydrogen-bond acceptors (Lipinski definition) is 18.